The normalized spacial score (nSPS) is 12.8. The van der Waals surface area contributed by atoms with E-state index in [0.717, 1.165) is 30.9 Å². The van der Waals surface area contributed by atoms with Gasteiger partial charge in [-0.3, -0.25) is 14.4 Å². The maximum Gasteiger partial charge on any atom is 0.241 e. The second-order valence-electron chi connectivity index (χ2n) is 4.45. The van der Waals surface area contributed by atoms with Gasteiger partial charge in [-0.1, -0.05) is 13.8 Å². The molecule has 1 amide bonds. The van der Waals surface area contributed by atoms with Gasteiger partial charge in [0.15, 0.2) is 0 Å². The lowest BCUT2D eigenvalue weighted by Crippen LogP contribution is -2.41. The Kier molecular flexibility index (Phi) is 5.34. The Morgan fingerprint density at radius 2 is 2.17 bits per heavy atom. The smallest absolute Gasteiger partial charge is 0.241 e. The molecule has 1 aromatic heterocycles. The summed E-state index contributed by atoms with van der Waals surface area (Å²) in [7, 11) is 1.97. The van der Waals surface area contributed by atoms with Gasteiger partial charge in [-0.05, 0) is 33.9 Å². The SMILES string of the molecule is CCC(C(=O)Nc1cnn(CC)c1C)N(C)CC. The zero-order valence-electron chi connectivity index (χ0n) is 12.0. The van der Waals surface area contributed by atoms with E-state index < -0.39 is 0 Å². The molecule has 0 aliphatic carbocycles. The van der Waals surface area contributed by atoms with Crippen molar-refractivity contribution < 1.29 is 4.79 Å². The summed E-state index contributed by atoms with van der Waals surface area (Å²) < 4.78 is 1.88. The average molecular weight is 252 g/mol. The number of aryl methyl sites for hydroxylation is 1. The van der Waals surface area contributed by atoms with Crippen LogP contribution in [0.5, 0.6) is 0 Å². The van der Waals surface area contributed by atoms with Crippen molar-refractivity contribution >= 4 is 11.6 Å². The van der Waals surface area contributed by atoms with Crippen LogP contribution in [0.1, 0.15) is 32.9 Å². The number of hydrogen-bond donors (Lipinski definition) is 1. The minimum absolute atomic E-state index is 0.0422. The highest BCUT2D eigenvalue weighted by molar-refractivity contribution is 5.95. The lowest BCUT2D eigenvalue weighted by Gasteiger charge is -2.24. The monoisotopic (exact) mass is 252 g/mol. The highest BCUT2D eigenvalue weighted by Crippen LogP contribution is 2.15. The molecule has 0 fully saturated rings. The van der Waals surface area contributed by atoms with Gasteiger partial charge >= 0.3 is 0 Å². The van der Waals surface area contributed by atoms with Crippen molar-refractivity contribution in [2.24, 2.45) is 0 Å². The zero-order valence-corrected chi connectivity index (χ0v) is 12.0. The first-order valence-electron chi connectivity index (χ1n) is 6.58. The fourth-order valence-electron chi connectivity index (χ4n) is 2.02. The molecule has 0 aliphatic heterocycles. The summed E-state index contributed by atoms with van der Waals surface area (Å²) in [4.78, 5) is 14.3. The number of aromatic nitrogens is 2. The van der Waals surface area contributed by atoms with E-state index in [1.54, 1.807) is 6.20 Å². The van der Waals surface area contributed by atoms with Crippen LogP contribution in [0.15, 0.2) is 6.20 Å². The summed E-state index contributed by atoms with van der Waals surface area (Å²) in [6.45, 7) is 9.75. The van der Waals surface area contributed by atoms with Crippen molar-refractivity contribution in [3.05, 3.63) is 11.9 Å². The molecule has 0 aliphatic rings. The number of carbonyl (C=O) groups excluding carboxylic acids is 1. The molecule has 5 nitrogen and oxygen atoms in total. The van der Waals surface area contributed by atoms with Crippen molar-refractivity contribution in [3.8, 4) is 0 Å². The van der Waals surface area contributed by atoms with Crippen LogP contribution in [-0.2, 0) is 11.3 Å². The molecule has 0 spiro atoms. The Hall–Kier alpha value is -1.36. The largest absolute Gasteiger partial charge is 0.322 e. The summed E-state index contributed by atoms with van der Waals surface area (Å²) in [6, 6.07) is -0.0839. The van der Waals surface area contributed by atoms with Gasteiger partial charge in [0.05, 0.1) is 23.6 Å². The number of nitrogens with zero attached hydrogens (tertiary/aromatic N) is 3. The quantitative estimate of drug-likeness (QED) is 0.841. The summed E-state index contributed by atoms with van der Waals surface area (Å²) >= 11 is 0. The van der Waals surface area contributed by atoms with Gasteiger partial charge in [-0.2, -0.15) is 5.10 Å². The molecule has 5 heteroatoms. The maximum atomic E-state index is 12.2. The summed E-state index contributed by atoms with van der Waals surface area (Å²) in [6.07, 6.45) is 2.52. The summed E-state index contributed by atoms with van der Waals surface area (Å²) in [5.41, 5.74) is 1.81. The molecule has 0 radical (unpaired) electrons. The minimum atomic E-state index is -0.0839. The molecule has 102 valence electrons. The van der Waals surface area contributed by atoms with Crippen LogP contribution in [0.25, 0.3) is 0 Å². The van der Waals surface area contributed by atoms with Crippen LogP contribution in [0.4, 0.5) is 5.69 Å². The molecule has 1 aromatic rings. The molecular weight excluding hydrogens is 228 g/mol. The van der Waals surface area contributed by atoms with Crippen molar-refractivity contribution in [2.45, 2.75) is 46.7 Å². The van der Waals surface area contributed by atoms with E-state index in [-0.39, 0.29) is 11.9 Å². The van der Waals surface area contributed by atoms with E-state index >= 15 is 0 Å². The lowest BCUT2D eigenvalue weighted by atomic mass is 10.2. The predicted octanol–water partition coefficient (Wildman–Crippen LogP) is 1.88. The molecule has 1 N–H and O–H groups in total. The summed E-state index contributed by atoms with van der Waals surface area (Å²) in [5, 5.41) is 7.19. The molecule has 0 aromatic carbocycles. The number of nitrogens with one attached hydrogen (secondary N) is 1. The fourth-order valence-corrected chi connectivity index (χ4v) is 2.02. The second kappa shape index (κ2) is 6.54. The van der Waals surface area contributed by atoms with Crippen molar-refractivity contribution in [1.82, 2.24) is 14.7 Å². The number of likely N-dealkylation sites (N-methyl/N-ethyl adjacent to an activating group) is 1. The summed E-state index contributed by atoms with van der Waals surface area (Å²) in [5.74, 6) is 0.0422. The Bertz CT molecular complexity index is 400. The Balaban J connectivity index is 2.76. The number of anilines is 1. The lowest BCUT2D eigenvalue weighted by molar-refractivity contribution is -0.120. The Labute approximate surface area is 109 Å². The van der Waals surface area contributed by atoms with E-state index in [0.29, 0.717) is 0 Å². The molecule has 1 rings (SSSR count). The fraction of sp³-hybridized carbons (Fsp3) is 0.692. The number of amides is 1. The molecule has 0 saturated carbocycles. The molecular formula is C13H24N4O. The van der Waals surface area contributed by atoms with E-state index in [2.05, 4.69) is 22.2 Å². The molecule has 0 bridgehead atoms. The van der Waals surface area contributed by atoms with Crippen LogP contribution in [0, 0.1) is 6.92 Å². The van der Waals surface area contributed by atoms with E-state index in [9.17, 15) is 4.79 Å². The van der Waals surface area contributed by atoms with Gasteiger partial charge in [0, 0.05) is 6.54 Å². The molecule has 1 unspecified atom stereocenters. The van der Waals surface area contributed by atoms with Crippen molar-refractivity contribution in [3.63, 3.8) is 0 Å². The van der Waals surface area contributed by atoms with Gasteiger partial charge in [-0.25, -0.2) is 0 Å². The van der Waals surface area contributed by atoms with Gasteiger partial charge in [0.2, 0.25) is 5.91 Å². The van der Waals surface area contributed by atoms with Gasteiger partial charge in [0.25, 0.3) is 0 Å². The minimum Gasteiger partial charge on any atom is -0.322 e. The first-order valence-corrected chi connectivity index (χ1v) is 6.58. The Morgan fingerprint density at radius 1 is 1.50 bits per heavy atom. The van der Waals surface area contributed by atoms with Crippen molar-refractivity contribution in [2.75, 3.05) is 18.9 Å². The van der Waals surface area contributed by atoms with Crippen LogP contribution in [-0.4, -0.2) is 40.2 Å². The van der Waals surface area contributed by atoms with E-state index in [4.69, 9.17) is 0 Å². The third-order valence-electron chi connectivity index (χ3n) is 3.38. The van der Waals surface area contributed by atoms with E-state index in [1.165, 1.54) is 0 Å². The highest BCUT2D eigenvalue weighted by Gasteiger charge is 2.21. The number of hydrogen-bond acceptors (Lipinski definition) is 3. The zero-order chi connectivity index (χ0) is 13.7. The maximum absolute atomic E-state index is 12.2. The predicted molar refractivity (Wildman–Crippen MR) is 73.7 cm³/mol. The highest BCUT2D eigenvalue weighted by atomic mass is 16.2. The number of carbonyl (C=O) groups is 1. The van der Waals surface area contributed by atoms with Crippen LogP contribution in [0.3, 0.4) is 0 Å². The van der Waals surface area contributed by atoms with Crippen LogP contribution in [0.2, 0.25) is 0 Å². The van der Waals surface area contributed by atoms with E-state index in [1.807, 2.05) is 32.5 Å². The number of rotatable bonds is 6. The molecule has 18 heavy (non-hydrogen) atoms. The van der Waals surface area contributed by atoms with Gasteiger partial charge in [-0.15, -0.1) is 0 Å². The topological polar surface area (TPSA) is 50.2 Å². The average Bonchev–Trinajstić information content (AvgIpc) is 2.71. The first kappa shape index (κ1) is 14.7. The second-order valence-corrected chi connectivity index (χ2v) is 4.45. The third-order valence-corrected chi connectivity index (χ3v) is 3.38. The van der Waals surface area contributed by atoms with Crippen molar-refractivity contribution in [1.29, 1.82) is 0 Å². The van der Waals surface area contributed by atoms with Gasteiger partial charge < -0.3 is 5.32 Å². The Morgan fingerprint density at radius 3 is 2.61 bits per heavy atom. The standard InChI is InChI=1S/C13H24N4O/c1-6-12(16(5)7-2)13(18)15-11-9-14-17(8-3)10(11)4/h9,12H,6-8H2,1-5H3,(H,15,18). The third kappa shape index (κ3) is 3.10. The van der Waals surface area contributed by atoms with Crippen LogP contribution < -0.4 is 5.32 Å². The molecule has 1 atom stereocenters. The van der Waals surface area contributed by atoms with Gasteiger partial charge in [0.1, 0.15) is 0 Å². The molecule has 1 heterocycles. The van der Waals surface area contributed by atoms with Crippen LogP contribution >= 0.6 is 0 Å². The first-order chi connectivity index (χ1) is 8.54. The molecule has 0 saturated heterocycles.